The van der Waals surface area contributed by atoms with E-state index in [0.717, 1.165) is 0 Å². The Morgan fingerprint density at radius 1 is 0.679 bits per heavy atom. The lowest BCUT2D eigenvalue weighted by atomic mass is 10.1. The zero-order valence-electron chi connectivity index (χ0n) is 35.2. The Balaban J connectivity index is 0. The van der Waals surface area contributed by atoms with Gasteiger partial charge in [0.1, 0.15) is 0 Å². The fraction of sp³-hybridized carbons (Fsp3) is 0.774. The van der Waals surface area contributed by atoms with E-state index in [2.05, 4.69) is 110 Å². The van der Waals surface area contributed by atoms with Gasteiger partial charge in [0.15, 0.2) is 31.1 Å². The van der Waals surface area contributed by atoms with Crippen LogP contribution < -0.4 is 0 Å². The van der Waals surface area contributed by atoms with Crippen molar-refractivity contribution in [3.63, 3.8) is 0 Å². The lowest BCUT2D eigenvalue weighted by molar-refractivity contribution is -0.228. The molecule has 1 atom stereocenters. The number of hydrogen-bond acceptors (Lipinski definition) is 11. The van der Waals surface area contributed by atoms with Crippen LogP contribution in [-0.2, 0) is 48.5 Å². The maximum absolute atomic E-state index is 12.3. The van der Waals surface area contributed by atoms with Gasteiger partial charge in [-0.1, -0.05) is 20.4 Å². The minimum absolute atomic E-state index is 0.223. The number of ether oxygens (including phenoxy) is 2. The standard InChI is InChI=1S/C22H56O8Si7.C9H11F3O4/c1-21(2)22(23)24-19-18-20-37(28-34(12,13)25-31(3,4)5,29-35(14,15)26-32(6,7)8)30-36(16,17)27-33(9,10)11;1-5(2)8(9(10,11)12)16-7(15)4-3-6(13)14/h1,18-20H2,2-17H3;3-5,8H,1-2H3,(H,13,14). The summed E-state index contributed by atoms with van der Waals surface area (Å²) in [5.74, 6) is -4.12. The Labute approximate surface area is 323 Å². The number of carbonyl (C=O) groups is 3. The average Bonchev–Trinajstić information content (AvgIpc) is 2.82. The second-order valence-electron chi connectivity index (χ2n) is 17.2. The molecule has 0 rings (SSSR count). The fourth-order valence-electron chi connectivity index (χ4n) is 5.08. The first-order chi connectivity index (χ1) is 23.2. The zero-order valence-corrected chi connectivity index (χ0v) is 42.2. The molecule has 0 saturated heterocycles. The molecule has 0 bridgehead atoms. The van der Waals surface area contributed by atoms with Gasteiger partial charge in [-0.3, -0.25) is 0 Å². The Hall–Kier alpha value is -1.04. The molecule has 22 heteroatoms. The van der Waals surface area contributed by atoms with Crippen molar-refractivity contribution in [2.24, 2.45) is 5.92 Å². The minimum atomic E-state index is -4.67. The van der Waals surface area contributed by atoms with E-state index in [1.165, 1.54) is 13.8 Å². The van der Waals surface area contributed by atoms with Gasteiger partial charge in [-0.15, -0.1) is 0 Å². The molecule has 0 aromatic heterocycles. The molecule has 0 radical (unpaired) electrons. The van der Waals surface area contributed by atoms with E-state index in [9.17, 15) is 27.6 Å². The van der Waals surface area contributed by atoms with Gasteiger partial charge in [0, 0.05) is 23.8 Å². The van der Waals surface area contributed by atoms with Gasteiger partial charge in [0.25, 0.3) is 0 Å². The van der Waals surface area contributed by atoms with E-state index < -0.39 is 95.5 Å². The lowest BCUT2D eigenvalue weighted by Crippen LogP contribution is -2.66. The van der Waals surface area contributed by atoms with E-state index in [-0.39, 0.29) is 6.61 Å². The summed E-state index contributed by atoms with van der Waals surface area (Å²) in [7, 11) is -17.2. The van der Waals surface area contributed by atoms with Crippen LogP contribution in [0.4, 0.5) is 13.2 Å². The van der Waals surface area contributed by atoms with Crippen LogP contribution in [0, 0.1) is 5.92 Å². The number of carbonyl (C=O) groups excluding carboxylic acids is 2. The Bertz CT molecular complexity index is 1170. The van der Waals surface area contributed by atoms with Crippen LogP contribution in [0.15, 0.2) is 24.3 Å². The molecule has 1 N–H and O–H groups in total. The molecular weight excluding hydrogens is 818 g/mol. The zero-order chi connectivity index (χ0) is 42.7. The average molecular weight is 885 g/mol. The molecule has 12 nitrogen and oxygen atoms in total. The number of carboxylic acids is 1. The summed E-state index contributed by atoms with van der Waals surface area (Å²) in [5, 5.41) is 8.15. The predicted octanol–water partition coefficient (Wildman–Crippen LogP) is 8.90. The van der Waals surface area contributed by atoms with Crippen LogP contribution >= 0.6 is 0 Å². The summed E-state index contributed by atoms with van der Waals surface area (Å²) in [5.41, 5.74) is 0.374. The summed E-state index contributed by atoms with van der Waals surface area (Å²) < 4.78 is 87.2. The molecule has 0 aromatic carbocycles. The molecule has 0 fully saturated rings. The largest absolute Gasteiger partial charge is 0.478 e. The van der Waals surface area contributed by atoms with Crippen LogP contribution in [0.3, 0.4) is 0 Å². The van der Waals surface area contributed by atoms with Crippen LogP contribution in [0.5, 0.6) is 0 Å². The van der Waals surface area contributed by atoms with E-state index in [1.807, 2.05) is 0 Å². The first-order valence-electron chi connectivity index (χ1n) is 17.4. The molecular formula is C31H67F3O12Si7. The van der Waals surface area contributed by atoms with Gasteiger partial charge >= 0.3 is 58.6 Å². The number of rotatable bonds is 21. The summed E-state index contributed by atoms with van der Waals surface area (Å²) >= 11 is 0. The van der Waals surface area contributed by atoms with Crippen molar-refractivity contribution in [3.05, 3.63) is 24.3 Å². The SMILES string of the molecule is C=C(C)C(=O)OCCC[Si](O[Si](C)(C)O[Si](C)(C)C)(O[Si](C)(C)O[Si](C)(C)C)O[Si](C)(C)O[Si](C)(C)C.CC(C)C(OC(=O)C=CC(=O)O)C(F)(F)F. The highest BCUT2D eigenvalue weighted by Crippen LogP contribution is 2.34. The van der Waals surface area contributed by atoms with Crippen molar-refractivity contribution >= 4 is 77.3 Å². The molecule has 1 unspecified atom stereocenters. The summed E-state index contributed by atoms with van der Waals surface area (Å²) in [6, 6.07) is 0.471. The van der Waals surface area contributed by atoms with Crippen LogP contribution in [0.25, 0.3) is 0 Å². The summed E-state index contributed by atoms with van der Waals surface area (Å²) in [6.07, 6.45) is -5.53. The Kier molecular flexibility index (Phi) is 21.3. The fourth-order valence-corrected chi connectivity index (χ4v) is 36.8. The van der Waals surface area contributed by atoms with Crippen molar-refractivity contribution in [1.82, 2.24) is 0 Å². The normalized spacial score (nSPS) is 14.5. The molecule has 0 aliphatic heterocycles. The summed E-state index contributed by atoms with van der Waals surface area (Å²) in [6.45, 7) is 39.8. The van der Waals surface area contributed by atoms with Gasteiger partial charge in [0.05, 0.1) is 6.61 Å². The van der Waals surface area contributed by atoms with Crippen LogP contribution in [-0.4, -0.2) is 101 Å². The maximum Gasteiger partial charge on any atom is 0.474 e. The number of aliphatic carboxylic acids is 1. The molecule has 0 saturated carbocycles. The van der Waals surface area contributed by atoms with Gasteiger partial charge in [-0.25, -0.2) is 14.4 Å². The number of halogens is 3. The third kappa shape index (κ3) is 28.1. The highest BCUT2D eigenvalue weighted by Gasteiger charge is 2.56. The van der Waals surface area contributed by atoms with Crippen molar-refractivity contribution < 1.29 is 66.8 Å². The highest BCUT2D eigenvalue weighted by atomic mass is 28.5. The van der Waals surface area contributed by atoms with Crippen molar-refractivity contribution in [1.29, 1.82) is 0 Å². The van der Waals surface area contributed by atoms with Gasteiger partial charge in [-0.2, -0.15) is 13.2 Å². The second kappa shape index (κ2) is 20.9. The monoisotopic (exact) mass is 884 g/mol. The molecule has 0 aromatic rings. The maximum atomic E-state index is 12.3. The van der Waals surface area contributed by atoms with E-state index in [0.29, 0.717) is 30.2 Å². The molecule has 0 amide bonds. The molecule has 0 aliphatic carbocycles. The quantitative estimate of drug-likeness (QED) is 0.0509. The van der Waals surface area contributed by atoms with Crippen molar-refractivity contribution in [3.8, 4) is 0 Å². The predicted molar refractivity (Wildman–Crippen MR) is 217 cm³/mol. The number of alkyl halides is 3. The van der Waals surface area contributed by atoms with Crippen LogP contribution in [0.2, 0.25) is 104 Å². The van der Waals surface area contributed by atoms with Gasteiger partial charge in [0.2, 0.25) is 0 Å². The van der Waals surface area contributed by atoms with Crippen LogP contribution in [0.1, 0.15) is 27.2 Å². The number of carboxylic acid groups (broad SMARTS) is 1. The van der Waals surface area contributed by atoms with Gasteiger partial charge in [-0.05, 0) is 117 Å². The molecule has 0 heterocycles. The van der Waals surface area contributed by atoms with E-state index in [1.54, 1.807) is 6.92 Å². The first kappa shape index (κ1) is 54.1. The van der Waals surface area contributed by atoms with Crippen molar-refractivity contribution in [2.75, 3.05) is 6.61 Å². The second-order valence-corrected chi connectivity index (χ2v) is 45.0. The molecule has 312 valence electrons. The third-order valence-electron chi connectivity index (χ3n) is 5.60. The van der Waals surface area contributed by atoms with E-state index in [4.69, 9.17) is 34.5 Å². The minimum Gasteiger partial charge on any atom is -0.478 e. The first-order valence-corrected chi connectivity index (χ1v) is 38.0. The molecule has 53 heavy (non-hydrogen) atoms. The number of hydrogen-bond donors (Lipinski definition) is 1. The Morgan fingerprint density at radius 3 is 1.30 bits per heavy atom. The highest BCUT2D eigenvalue weighted by molar-refractivity contribution is 6.92. The van der Waals surface area contributed by atoms with Crippen molar-refractivity contribution in [2.45, 2.75) is 144 Å². The summed E-state index contributed by atoms with van der Waals surface area (Å²) in [4.78, 5) is 32.8. The Morgan fingerprint density at radius 2 is 1.04 bits per heavy atom. The lowest BCUT2D eigenvalue weighted by Gasteiger charge is -2.46. The van der Waals surface area contributed by atoms with E-state index >= 15 is 0 Å². The molecule has 0 spiro atoms. The van der Waals surface area contributed by atoms with Gasteiger partial charge < -0.3 is 39.3 Å². The smallest absolute Gasteiger partial charge is 0.474 e. The third-order valence-corrected chi connectivity index (χ3v) is 29.4. The number of esters is 2. The molecule has 0 aliphatic rings. The topological polar surface area (TPSA) is 145 Å².